The predicted octanol–water partition coefficient (Wildman–Crippen LogP) is 3.19. The van der Waals surface area contributed by atoms with Gasteiger partial charge in [0.05, 0.1) is 18.1 Å². The number of carbonyl (C=O) groups excluding carboxylic acids is 1. The number of aromatic nitrogens is 5. The van der Waals surface area contributed by atoms with Crippen LogP contribution in [0.4, 0.5) is 0 Å². The maximum Gasteiger partial charge on any atom is 0.245 e. The molecule has 2 fully saturated rings. The Balaban J connectivity index is 1.43. The quantitative estimate of drug-likeness (QED) is 0.614. The number of likely N-dealkylation sites (tertiary alicyclic amines) is 1. The van der Waals surface area contributed by atoms with E-state index in [1.807, 2.05) is 28.9 Å². The van der Waals surface area contributed by atoms with Crippen molar-refractivity contribution in [3.63, 3.8) is 0 Å². The number of aryl methyl sites for hydroxylation is 1. The minimum atomic E-state index is -0.262. The summed E-state index contributed by atoms with van der Waals surface area (Å²) in [6, 6.07) is -0.262. The minimum absolute atomic E-state index is 0.0136. The molecule has 3 aromatic heterocycles. The molecule has 0 bridgehead atoms. The Labute approximate surface area is 181 Å². The molecule has 1 saturated carbocycles. The van der Waals surface area contributed by atoms with Crippen molar-refractivity contribution < 1.29 is 4.79 Å². The van der Waals surface area contributed by atoms with Crippen molar-refractivity contribution in [2.45, 2.75) is 52.1 Å². The highest BCUT2D eigenvalue weighted by Gasteiger charge is 2.50. The van der Waals surface area contributed by atoms with E-state index in [2.05, 4.69) is 33.9 Å². The van der Waals surface area contributed by atoms with Crippen LogP contribution in [0.2, 0.25) is 0 Å². The number of nitrogens with one attached hydrogen (secondary N) is 2. The zero-order valence-corrected chi connectivity index (χ0v) is 18.2. The van der Waals surface area contributed by atoms with Crippen LogP contribution in [0.15, 0.2) is 31.4 Å². The highest BCUT2D eigenvalue weighted by atomic mass is 16.2. The summed E-state index contributed by atoms with van der Waals surface area (Å²) in [6.45, 7) is 11.0. The summed E-state index contributed by atoms with van der Waals surface area (Å²) in [4.78, 5) is 27.8. The van der Waals surface area contributed by atoms with Crippen molar-refractivity contribution >= 4 is 22.8 Å². The Bertz CT molecular complexity index is 1130. The van der Waals surface area contributed by atoms with E-state index in [1.54, 1.807) is 12.4 Å². The molecule has 4 heterocycles. The fraction of sp³-hybridized carbons (Fsp3) is 0.478. The first-order valence-corrected chi connectivity index (χ1v) is 11.1. The van der Waals surface area contributed by atoms with Crippen molar-refractivity contribution in [2.75, 3.05) is 13.1 Å². The van der Waals surface area contributed by atoms with Crippen LogP contribution in [0.3, 0.4) is 0 Å². The van der Waals surface area contributed by atoms with Gasteiger partial charge in [-0.05, 0) is 38.0 Å². The molecule has 1 aliphatic heterocycles. The normalized spacial score (nSPS) is 18.3. The number of nitrogens with zero attached hydrogens (tertiary/aromatic N) is 5. The third kappa shape index (κ3) is 3.60. The van der Waals surface area contributed by atoms with E-state index < -0.39 is 0 Å². The van der Waals surface area contributed by atoms with Gasteiger partial charge in [-0.2, -0.15) is 5.10 Å². The number of hydrogen-bond donors (Lipinski definition) is 2. The van der Waals surface area contributed by atoms with Gasteiger partial charge in [0.15, 0.2) is 5.65 Å². The molecule has 162 valence electrons. The summed E-state index contributed by atoms with van der Waals surface area (Å²) in [5.41, 5.74) is 4.66. The van der Waals surface area contributed by atoms with Crippen LogP contribution in [0.1, 0.15) is 45.1 Å². The number of carbonyl (C=O) groups is 1. The van der Waals surface area contributed by atoms with Gasteiger partial charge in [0.1, 0.15) is 11.6 Å². The SMILES string of the molecule is C=C(N[C@@H](C(=O)N1CCCC1)C1(C)CC1)c1c[nH]c2ncc(-c3cnn(CC)c3)nc12. The maximum atomic E-state index is 13.2. The summed E-state index contributed by atoms with van der Waals surface area (Å²) in [5, 5.41) is 7.81. The molecule has 1 aliphatic carbocycles. The van der Waals surface area contributed by atoms with Crippen LogP contribution in [0.25, 0.3) is 28.1 Å². The van der Waals surface area contributed by atoms with Gasteiger partial charge in [0, 0.05) is 48.9 Å². The fourth-order valence-corrected chi connectivity index (χ4v) is 4.32. The molecule has 1 saturated heterocycles. The average Bonchev–Trinajstić information content (AvgIpc) is 3.26. The van der Waals surface area contributed by atoms with Crippen molar-refractivity contribution in [1.29, 1.82) is 0 Å². The summed E-state index contributed by atoms with van der Waals surface area (Å²) >= 11 is 0. The lowest BCUT2D eigenvalue weighted by Crippen LogP contribution is -2.49. The lowest BCUT2D eigenvalue weighted by molar-refractivity contribution is -0.133. The summed E-state index contributed by atoms with van der Waals surface area (Å²) in [5.74, 6) is 0.192. The predicted molar refractivity (Wildman–Crippen MR) is 120 cm³/mol. The third-order valence-corrected chi connectivity index (χ3v) is 6.68. The van der Waals surface area contributed by atoms with E-state index >= 15 is 0 Å². The van der Waals surface area contributed by atoms with E-state index in [9.17, 15) is 4.79 Å². The second-order valence-corrected chi connectivity index (χ2v) is 8.98. The number of H-pyrrole nitrogens is 1. The summed E-state index contributed by atoms with van der Waals surface area (Å²) < 4.78 is 1.87. The van der Waals surface area contributed by atoms with E-state index in [-0.39, 0.29) is 17.4 Å². The molecule has 3 aromatic rings. The monoisotopic (exact) mass is 419 g/mol. The van der Waals surface area contributed by atoms with Gasteiger partial charge in [-0.1, -0.05) is 13.5 Å². The molecular weight excluding hydrogens is 390 g/mol. The van der Waals surface area contributed by atoms with E-state index in [4.69, 9.17) is 4.98 Å². The number of aromatic amines is 1. The van der Waals surface area contributed by atoms with Crippen molar-refractivity contribution in [3.8, 4) is 11.3 Å². The van der Waals surface area contributed by atoms with Gasteiger partial charge in [-0.3, -0.25) is 9.48 Å². The third-order valence-electron chi connectivity index (χ3n) is 6.68. The maximum absolute atomic E-state index is 13.2. The van der Waals surface area contributed by atoms with Crippen LogP contribution in [-0.2, 0) is 11.3 Å². The van der Waals surface area contributed by atoms with Crippen LogP contribution >= 0.6 is 0 Å². The number of amides is 1. The van der Waals surface area contributed by atoms with Gasteiger partial charge in [0.2, 0.25) is 5.91 Å². The molecule has 2 aliphatic rings. The second-order valence-electron chi connectivity index (χ2n) is 8.98. The first-order valence-electron chi connectivity index (χ1n) is 11.1. The van der Waals surface area contributed by atoms with Crippen molar-refractivity contribution in [1.82, 2.24) is 34.9 Å². The zero-order chi connectivity index (χ0) is 21.6. The van der Waals surface area contributed by atoms with Gasteiger partial charge in [-0.15, -0.1) is 0 Å². The number of fused-ring (bicyclic) bond motifs is 1. The Morgan fingerprint density at radius 1 is 1.32 bits per heavy atom. The standard InChI is InChI=1S/C23H29N7O/c1-4-30-14-16(11-26-30)18-13-25-21-19(28-18)17(12-24-21)15(2)27-20(23(3)7-8-23)22(31)29-9-5-6-10-29/h11-14,20,27H,2,4-10H2,1,3H3,(H,24,25)/t20-/m0/s1. The summed E-state index contributed by atoms with van der Waals surface area (Å²) in [6.07, 6.45) is 11.7. The first kappa shape index (κ1) is 19.8. The van der Waals surface area contributed by atoms with E-state index in [1.165, 1.54) is 0 Å². The molecule has 0 radical (unpaired) electrons. The Hall–Kier alpha value is -3.16. The highest BCUT2D eigenvalue weighted by molar-refractivity contribution is 5.90. The van der Waals surface area contributed by atoms with Crippen LogP contribution in [-0.4, -0.2) is 54.7 Å². The molecule has 8 nitrogen and oxygen atoms in total. The molecule has 0 spiro atoms. The van der Waals surface area contributed by atoms with Crippen molar-refractivity contribution in [3.05, 3.63) is 36.9 Å². The molecule has 0 aromatic carbocycles. The van der Waals surface area contributed by atoms with Gasteiger partial charge in [-0.25, -0.2) is 9.97 Å². The smallest absolute Gasteiger partial charge is 0.245 e. The number of hydrogen-bond acceptors (Lipinski definition) is 5. The number of rotatable bonds is 7. The molecular formula is C23H29N7O. The van der Waals surface area contributed by atoms with E-state index in [0.29, 0.717) is 11.3 Å². The van der Waals surface area contributed by atoms with Gasteiger partial charge >= 0.3 is 0 Å². The average molecular weight is 420 g/mol. The lowest BCUT2D eigenvalue weighted by Gasteiger charge is -2.29. The minimum Gasteiger partial charge on any atom is -0.373 e. The van der Waals surface area contributed by atoms with Gasteiger partial charge < -0.3 is 15.2 Å². The Morgan fingerprint density at radius 3 is 2.77 bits per heavy atom. The molecule has 31 heavy (non-hydrogen) atoms. The van der Waals surface area contributed by atoms with Gasteiger partial charge in [0.25, 0.3) is 0 Å². The summed E-state index contributed by atoms with van der Waals surface area (Å²) in [7, 11) is 0. The Morgan fingerprint density at radius 2 is 2.10 bits per heavy atom. The molecule has 5 rings (SSSR count). The topological polar surface area (TPSA) is 91.7 Å². The molecule has 1 atom stereocenters. The van der Waals surface area contributed by atoms with Crippen LogP contribution in [0.5, 0.6) is 0 Å². The first-order chi connectivity index (χ1) is 15.0. The fourth-order valence-electron chi connectivity index (χ4n) is 4.32. The zero-order valence-electron chi connectivity index (χ0n) is 18.2. The van der Waals surface area contributed by atoms with Crippen LogP contribution in [0, 0.1) is 5.41 Å². The van der Waals surface area contributed by atoms with E-state index in [0.717, 1.165) is 67.7 Å². The Kier molecular flexibility index (Phi) is 4.79. The van der Waals surface area contributed by atoms with Crippen LogP contribution < -0.4 is 5.32 Å². The molecule has 8 heteroatoms. The molecule has 2 N–H and O–H groups in total. The van der Waals surface area contributed by atoms with Crippen molar-refractivity contribution in [2.24, 2.45) is 5.41 Å². The second kappa shape index (κ2) is 7.51. The highest BCUT2D eigenvalue weighted by Crippen LogP contribution is 2.49. The molecule has 1 amide bonds. The largest absolute Gasteiger partial charge is 0.373 e. The lowest BCUT2D eigenvalue weighted by atomic mass is 9.96. The molecule has 0 unspecified atom stereocenters.